The molecule has 2 rings (SSSR count). The lowest BCUT2D eigenvalue weighted by molar-refractivity contribution is 0.0593. The van der Waals surface area contributed by atoms with E-state index in [1.54, 1.807) is 18.3 Å². The fourth-order valence-electron chi connectivity index (χ4n) is 2.02. The summed E-state index contributed by atoms with van der Waals surface area (Å²) in [6, 6.07) is 7.04. The van der Waals surface area contributed by atoms with E-state index in [1.807, 2.05) is 12.1 Å². The average molecular weight is 355 g/mol. The third-order valence-electron chi connectivity index (χ3n) is 3.22. The second-order valence-electron chi connectivity index (χ2n) is 4.69. The van der Waals surface area contributed by atoms with Crippen molar-refractivity contribution in [2.24, 2.45) is 0 Å². The second-order valence-corrected chi connectivity index (χ2v) is 5.47. The van der Waals surface area contributed by atoms with E-state index in [1.165, 1.54) is 14.2 Å². The third-order valence-corrected chi connectivity index (χ3v) is 4.08. The maximum absolute atomic E-state index is 11.5. The van der Waals surface area contributed by atoms with E-state index in [4.69, 9.17) is 27.9 Å². The number of halogens is 2. The predicted molar refractivity (Wildman–Crippen MR) is 89.1 cm³/mol. The highest BCUT2D eigenvalue weighted by Crippen LogP contribution is 2.25. The minimum Gasteiger partial charge on any atom is -0.496 e. The number of hydrogen-bond acceptors (Lipinski definition) is 5. The number of carbonyl (C=O) groups is 1. The Kier molecular flexibility index (Phi) is 6.21. The molecule has 0 aliphatic heterocycles. The number of pyridine rings is 1. The quantitative estimate of drug-likeness (QED) is 0.804. The molecular formula is C16H16Cl2N2O3. The number of benzene rings is 1. The van der Waals surface area contributed by atoms with Gasteiger partial charge in [-0.1, -0.05) is 35.3 Å². The Bertz CT molecular complexity index is 708. The first-order valence-electron chi connectivity index (χ1n) is 6.81. The van der Waals surface area contributed by atoms with Crippen LogP contribution in [0.1, 0.15) is 21.6 Å². The lowest BCUT2D eigenvalue weighted by Crippen LogP contribution is -2.15. The summed E-state index contributed by atoms with van der Waals surface area (Å²) < 4.78 is 9.93. The van der Waals surface area contributed by atoms with Crippen LogP contribution in [0.15, 0.2) is 30.5 Å². The lowest BCUT2D eigenvalue weighted by Gasteiger charge is -2.11. The van der Waals surface area contributed by atoms with Gasteiger partial charge >= 0.3 is 5.97 Å². The molecule has 5 nitrogen and oxygen atoms in total. The maximum Gasteiger partial charge on any atom is 0.356 e. The summed E-state index contributed by atoms with van der Waals surface area (Å²) in [5.74, 6) is 0.0543. The topological polar surface area (TPSA) is 60.5 Å². The van der Waals surface area contributed by atoms with E-state index in [0.29, 0.717) is 28.9 Å². The molecule has 1 heterocycles. The van der Waals surface area contributed by atoms with Gasteiger partial charge in [0.15, 0.2) is 5.69 Å². The van der Waals surface area contributed by atoms with Crippen molar-refractivity contribution >= 4 is 29.2 Å². The molecule has 1 aromatic heterocycles. The van der Waals surface area contributed by atoms with Gasteiger partial charge in [0.1, 0.15) is 5.75 Å². The Hall–Kier alpha value is -1.82. The van der Waals surface area contributed by atoms with Gasteiger partial charge in [-0.05, 0) is 11.6 Å². The van der Waals surface area contributed by atoms with Crippen LogP contribution in [0.5, 0.6) is 5.75 Å². The van der Waals surface area contributed by atoms with Crippen molar-refractivity contribution in [1.29, 1.82) is 0 Å². The SMILES string of the molecule is COC(=O)c1cc(OC)c(CNCc2cccc(Cl)c2Cl)cn1. The van der Waals surface area contributed by atoms with Crippen molar-refractivity contribution in [1.82, 2.24) is 10.3 Å². The molecule has 0 unspecified atom stereocenters. The number of esters is 1. The van der Waals surface area contributed by atoms with E-state index < -0.39 is 5.97 Å². The molecule has 2 aromatic rings. The van der Waals surface area contributed by atoms with Crippen LogP contribution < -0.4 is 10.1 Å². The Morgan fingerprint density at radius 3 is 2.65 bits per heavy atom. The van der Waals surface area contributed by atoms with Gasteiger partial charge in [0.2, 0.25) is 0 Å². The van der Waals surface area contributed by atoms with E-state index >= 15 is 0 Å². The van der Waals surface area contributed by atoms with Crippen LogP contribution in [0.25, 0.3) is 0 Å². The lowest BCUT2D eigenvalue weighted by atomic mass is 10.2. The standard InChI is InChI=1S/C16H16Cl2N2O3/c1-22-14-6-13(16(21)23-2)20-9-11(14)8-19-7-10-4-3-5-12(17)15(10)18/h3-6,9,19H,7-8H2,1-2H3. The van der Waals surface area contributed by atoms with Gasteiger partial charge in [0.05, 0.1) is 24.3 Å². The maximum atomic E-state index is 11.5. The van der Waals surface area contributed by atoms with Crippen molar-refractivity contribution in [3.05, 3.63) is 57.3 Å². The Labute approximate surface area is 144 Å². The molecule has 0 spiro atoms. The molecule has 0 fully saturated rings. The van der Waals surface area contributed by atoms with Crippen molar-refractivity contribution in [2.75, 3.05) is 14.2 Å². The summed E-state index contributed by atoms with van der Waals surface area (Å²) >= 11 is 12.1. The first-order chi connectivity index (χ1) is 11.1. The zero-order valence-electron chi connectivity index (χ0n) is 12.7. The van der Waals surface area contributed by atoms with Crippen LogP contribution in [0, 0.1) is 0 Å². The monoisotopic (exact) mass is 354 g/mol. The Morgan fingerprint density at radius 1 is 1.22 bits per heavy atom. The molecule has 0 aliphatic rings. The molecule has 1 aromatic carbocycles. The largest absolute Gasteiger partial charge is 0.496 e. The van der Waals surface area contributed by atoms with Crippen LogP contribution in [0.2, 0.25) is 10.0 Å². The highest BCUT2D eigenvalue weighted by molar-refractivity contribution is 6.42. The average Bonchev–Trinajstić information content (AvgIpc) is 2.58. The van der Waals surface area contributed by atoms with Crippen molar-refractivity contribution in [3.8, 4) is 5.75 Å². The second kappa shape index (κ2) is 8.15. The van der Waals surface area contributed by atoms with Gasteiger partial charge in [-0.3, -0.25) is 0 Å². The number of methoxy groups -OCH3 is 2. The molecule has 0 amide bonds. The van der Waals surface area contributed by atoms with Crippen LogP contribution in [0.4, 0.5) is 0 Å². The molecule has 0 saturated heterocycles. The predicted octanol–water partition coefficient (Wildman–Crippen LogP) is 3.47. The van der Waals surface area contributed by atoms with Gasteiger partial charge in [0, 0.05) is 30.9 Å². The molecular weight excluding hydrogens is 339 g/mol. The van der Waals surface area contributed by atoms with E-state index in [0.717, 1.165) is 11.1 Å². The molecule has 0 atom stereocenters. The molecule has 1 N–H and O–H groups in total. The number of rotatable bonds is 6. The molecule has 0 saturated carbocycles. The van der Waals surface area contributed by atoms with Crippen LogP contribution in [-0.4, -0.2) is 25.2 Å². The van der Waals surface area contributed by atoms with Crippen LogP contribution >= 0.6 is 23.2 Å². The summed E-state index contributed by atoms with van der Waals surface area (Å²) in [6.45, 7) is 1.04. The molecule has 0 radical (unpaired) electrons. The summed E-state index contributed by atoms with van der Waals surface area (Å²) in [7, 11) is 2.84. The zero-order chi connectivity index (χ0) is 16.8. The number of nitrogens with zero attached hydrogens (tertiary/aromatic N) is 1. The van der Waals surface area contributed by atoms with Gasteiger partial charge in [-0.25, -0.2) is 9.78 Å². The Balaban J connectivity index is 2.05. The molecule has 7 heteroatoms. The van der Waals surface area contributed by atoms with E-state index in [2.05, 4.69) is 15.0 Å². The summed E-state index contributed by atoms with van der Waals surface area (Å²) in [5.41, 5.74) is 1.92. The van der Waals surface area contributed by atoms with E-state index in [-0.39, 0.29) is 5.69 Å². The van der Waals surface area contributed by atoms with Gasteiger partial charge in [-0.15, -0.1) is 0 Å². The van der Waals surface area contributed by atoms with Crippen LogP contribution in [-0.2, 0) is 17.8 Å². The molecule has 122 valence electrons. The fraction of sp³-hybridized carbons (Fsp3) is 0.250. The van der Waals surface area contributed by atoms with Crippen molar-refractivity contribution in [3.63, 3.8) is 0 Å². The van der Waals surface area contributed by atoms with Crippen molar-refractivity contribution in [2.45, 2.75) is 13.1 Å². The first kappa shape index (κ1) is 17.5. The summed E-state index contributed by atoms with van der Waals surface area (Å²) in [5, 5.41) is 4.30. The summed E-state index contributed by atoms with van der Waals surface area (Å²) in [4.78, 5) is 15.6. The number of hydrogen-bond donors (Lipinski definition) is 1. The number of carbonyl (C=O) groups excluding carboxylic acids is 1. The fourth-order valence-corrected chi connectivity index (χ4v) is 2.41. The number of aromatic nitrogens is 1. The van der Waals surface area contributed by atoms with E-state index in [9.17, 15) is 4.79 Å². The first-order valence-corrected chi connectivity index (χ1v) is 7.57. The molecule has 0 bridgehead atoms. The Morgan fingerprint density at radius 2 is 1.96 bits per heavy atom. The van der Waals surface area contributed by atoms with Crippen LogP contribution in [0.3, 0.4) is 0 Å². The minimum absolute atomic E-state index is 0.200. The van der Waals surface area contributed by atoms with Gasteiger partial charge in [0.25, 0.3) is 0 Å². The highest BCUT2D eigenvalue weighted by atomic mass is 35.5. The summed E-state index contributed by atoms with van der Waals surface area (Å²) in [6.07, 6.45) is 1.58. The number of nitrogens with one attached hydrogen (secondary N) is 1. The van der Waals surface area contributed by atoms with Gasteiger partial charge < -0.3 is 14.8 Å². The zero-order valence-corrected chi connectivity index (χ0v) is 14.2. The molecule has 0 aliphatic carbocycles. The van der Waals surface area contributed by atoms with Crippen molar-refractivity contribution < 1.29 is 14.3 Å². The molecule has 23 heavy (non-hydrogen) atoms. The third kappa shape index (κ3) is 4.34. The normalized spacial score (nSPS) is 10.4. The highest BCUT2D eigenvalue weighted by Gasteiger charge is 2.12. The number of ether oxygens (including phenoxy) is 2. The minimum atomic E-state index is -0.506. The smallest absolute Gasteiger partial charge is 0.356 e. The van der Waals surface area contributed by atoms with Gasteiger partial charge in [-0.2, -0.15) is 0 Å².